The van der Waals surface area contributed by atoms with E-state index in [0.29, 0.717) is 13.0 Å². The van der Waals surface area contributed by atoms with Crippen LogP contribution in [0.15, 0.2) is 42.6 Å². The third kappa shape index (κ3) is 5.05. The molecule has 0 fully saturated rings. The van der Waals surface area contributed by atoms with Crippen molar-refractivity contribution in [3.8, 4) is 0 Å². The summed E-state index contributed by atoms with van der Waals surface area (Å²) < 4.78 is 0. The van der Waals surface area contributed by atoms with Crippen molar-refractivity contribution in [2.24, 2.45) is 5.92 Å². The van der Waals surface area contributed by atoms with Gasteiger partial charge >= 0.3 is 5.97 Å². The summed E-state index contributed by atoms with van der Waals surface area (Å²) in [4.78, 5) is 27.1. The van der Waals surface area contributed by atoms with Crippen molar-refractivity contribution in [2.75, 3.05) is 17.2 Å². The first kappa shape index (κ1) is 17.9. The Balaban J connectivity index is 1.49. The maximum atomic E-state index is 12.1. The van der Waals surface area contributed by atoms with Crippen LogP contribution in [0.25, 0.3) is 0 Å². The van der Waals surface area contributed by atoms with E-state index >= 15 is 0 Å². The molecule has 26 heavy (non-hydrogen) atoms. The lowest BCUT2D eigenvalue weighted by molar-refractivity contribution is -0.138. The van der Waals surface area contributed by atoms with Crippen LogP contribution in [0.1, 0.15) is 30.4 Å². The van der Waals surface area contributed by atoms with Crippen molar-refractivity contribution >= 4 is 23.4 Å². The van der Waals surface area contributed by atoms with Gasteiger partial charge in [0.15, 0.2) is 0 Å². The number of benzene rings is 1. The molecule has 0 radical (unpaired) electrons. The number of nitrogens with one attached hydrogen (secondary N) is 2. The van der Waals surface area contributed by atoms with Crippen molar-refractivity contribution in [3.63, 3.8) is 0 Å². The summed E-state index contributed by atoms with van der Waals surface area (Å²) in [6, 6.07) is 11.5. The number of carbonyl (C=O) groups is 2. The van der Waals surface area contributed by atoms with Gasteiger partial charge in [-0.15, -0.1) is 0 Å². The van der Waals surface area contributed by atoms with E-state index in [4.69, 9.17) is 5.11 Å². The Hall–Kier alpha value is -2.89. The van der Waals surface area contributed by atoms with Gasteiger partial charge in [0, 0.05) is 31.3 Å². The van der Waals surface area contributed by atoms with Gasteiger partial charge in [-0.25, -0.2) is 4.98 Å². The van der Waals surface area contributed by atoms with Crippen molar-refractivity contribution in [2.45, 2.75) is 32.1 Å². The minimum atomic E-state index is -0.735. The molecule has 1 aromatic heterocycles. The number of carboxylic acids is 1. The Labute approximate surface area is 152 Å². The predicted octanol–water partition coefficient (Wildman–Crippen LogP) is 3.10. The number of carboxylic acid groups (broad SMARTS) is 1. The molecule has 0 saturated heterocycles. The first-order valence-electron chi connectivity index (χ1n) is 8.88. The summed E-state index contributed by atoms with van der Waals surface area (Å²) in [5.41, 5.74) is 3.19. The van der Waals surface area contributed by atoms with Gasteiger partial charge in [-0.1, -0.05) is 12.1 Å². The molecule has 2 aromatic rings. The number of aliphatic carboxylic acids is 1. The van der Waals surface area contributed by atoms with Crippen LogP contribution in [-0.4, -0.2) is 28.5 Å². The van der Waals surface area contributed by atoms with Gasteiger partial charge in [-0.3, -0.25) is 9.59 Å². The lowest BCUT2D eigenvalue weighted by Gasteiger charge is -2.24. The third-order valence-corrected chi connectivity index (χ3v) is 4.61. The Morgan fingerprint density at radius 3 is 2.85 bits per heavy atom. The topological polar surface area (TPSA) is 91.3 Å². The number of fused-ring (bicyclic) bond motifs is 1. The molecule has 6 nitrogen and oxygen atoms in total. The molecule has 1 aromatic carbocycles. The Morgan fingerprint density at radius 2 is 2.08 bits per heavy atom. The Morgan fingerprint density at radius 1 is 1.19 bits per heavy atom. The fourth-order valence-electron chi connectivity index (χ4n) is 3.32. The summed E-state index contributed by atoms with van der Waals surface area (Å²) in [7, 11) is 0. The second kappa shape index (κ2) is 8.47. The smallest absolute Gasteiger partial charge is 0.303 e. The molecule has 0 spiro atoms. The van der Waals surface area contributed by atoms with Gasteiger partial charge in [-0.05, 0) is 60.6 Å². The number of carbonyl (C=O) groups excluding carboxylic acids is 1. The van der Waals surface area contributed by atoms with Crippen LogP contribution in [0, 0.1) is 5.92 Å². The molecule has 0 aliphatic heterocycles. The van der Waals surface area contributed by atoms with Crippen molar-refractivity contribution in [3.05, 3.63) is 53.7 Å². The SMILES string of the molecule is O=C(O)CC1CCc2cc(NC(=O)CCNc3ccccn3)ccc2C1. The second-order valence-corrected chi connectivity index (χ2v) is 6.63. The summed E-state index contributed by atoms with van der Waals surface area (Å²) in [5, 5.41) is 15.0. The van der Waals surface area contributed by atoms with Crippen molar-refractivity contribution in [1.29, 1.82) is 0 Å². The van der Waals surface area contributed by atoms with Crippen LogP contribution in [0.4, 0.5) is 11.5 Å². The van der Waals surface area contributed by atoms with Crippen LogP contribution in [0.3, 0.4) is 0 Å². The third-order valence-electron chi connectivity index (χ3n) is 4.61. The maximum Gasteiger partial charge on any atom is 0.303 e. The molecule has 0 bridgehead atoms. The van der Waals surface area contributed by atoms with E-state index in [2.05, 4.69) is 15.6 Å². The first-order valence-corrected chi connectivity index (χ1v) is 8.88. The minimum Gasteiger partial charge on any atom is -0.481 e. The van der Waals surface area contributed by atoms with E-state index in [-0.39, 0.29) is 18.2 Å². The number of hydrogen-bond acceptors (Lipinski definition) is 4. The van der Waals surface area contributed by atoms with Crippen LogP contribution < -0.4 is 10.6 Å². The van der Waals surface area contributed by atoms with Crippen LogP contribution in [-0.2, 0) is 22.4 Å². The van der Waals surface area contributed by atoms with Crippen LogP contribution in [0.2, 0.25) is 0 Å². The molecule has 6 heteroatoms. The molecule has 3 N–H and O–H groups in total. The molecule has 136 valence electrons. The highest BCUT2D eigenvalue weighted by Gasteiger charge is 2.21. The fourth-order valence-corrected chi connectivity index (χ4v) is 3.32. The lowest BCUT2D eigenvalue weighted by Crippen LogP contribution is -2.19. The molecule has 3 rings (SSSR count). The number of aromatic nitrogens is 1. The molecule has 1 aliphatic carbocycles. The van der Waals surface area contributed by atoms with Gasteiger partial charge in [0.2, 0.25) is 5.91 Å². The zero-order valence-corrected chi connectivity index (χ0v) is 14.6. The molecule has 1 heterocycles. The molecule has 1 amide bonds. The zero-order valence-electron chi connectivity index (χ0n) is 14.6. The predicted molar refractivity (Wildman–Crippen MR) is 100 cm³/mol. The molecule has 1 aliphatic rings. The number of anilines is 2. The van der Waals surface area contributed by atoms with Gasteiger partial charge in [-0.2, -0.15) is 0 Å². The van der Waals surface area contributed by atoms with Gasteiger partial charge in [0.25, 0.3) is 0 Å². The van der Waals surface area contributed by atoms with Gasteiger partial charge < -0.3 is 15.7 Å². The average Bonchev–Trinajstić information content (AvgIpc) is 2.62. The second-order valence-electron chi connectivity index (χ2n) is 6.63. The first-order chi connectivity index (χ1) is 12.6. The normalized spacial score (nSPS) is 15.8. The highest BCUT2D eigenvalue weighted by atomic mass is 16.4. The largest absolute Gasteiger partial charge is 0.481 e. The number of pyridine rings is 1. The fraction of sp³-hybridized carbons (Fsp3) is 0.350. The number of nitrogens with zero attached hydrogens (tertiary/aromatic N) is 1. The molecule has 0 saturated carbocycles. The van der Waals surface area contributed by atoms with Crippen LogP contribution >= 0.6 is 0 Å². The summed E-state index contributed by atoms with van der Waals surface area (Å²) in [6.45, 7) is 0.519. The van der Waals surface area contributed by atoms with E-state index < -0.39 is 5.97 Å². The van der Waals surface area contributed by atoms with Gasteiger partial charge in [0.1, 0.15) is 5.82 Å². The van der Waals surface area contributed by atoms with E-state index in [1.54, 1.807) is 6.20 Å². The number of amides is 1. The molecule has 1 atom stereocenters. The highest BCUT2D eigenvalue weighted by molar-refractivity contribution is 5.91. The van der Waals surface area contributed by atoms with E-state index in [1.165, 1.54) is 11.1 Å². The molecule has 1 unspecified atom stereocenters. The Bertz CT molecular complexity index is 777. The number of aryl methyl sites for hydroxylation is 1. The Kier molecular flexibility index (Phi) is 5.84. The highest BCUT2D eigenvalue weighted by Crippen LogP contribution is 2.29. The summed E-state index contributed by atoms with van der Waals surface area (Å²) in [5.74, 6) is 0.178. The van der Waals surface area contributed by atoms with Crippen molar-refractivity contribution in [1.82, 2.24) is 4.98 Å². The lowest BCUT2D eigenvalue weighted by atomic mass is 9.82. The molecular formula is C20H23N3O3. The monoisotopic (exact) mass is 353 g/mol. The van der Waals surface area contributed by atoms with E-state index in [9.17, 15) is 9.59 Å². The van der Waals surface area contributed by atoms with E-state index in [1.807, 2.05) is 36.4 Å². The number of rotatable bonds is 7. The van der Waals surface area contributed by atoms with Crippen LogP contribution in [0.5, 0.6) is 0 Å². The minimum absolute atomic E-state index is 0.0482. The maximum absolute atomic E-state index is 12.1. The standard InChI is InChI=1S/C20H23N3O3/c24-19(8-10-22-18-3-1-2-9-21-18)23-17-7-6-15-11-14(12-20(25)26)4-5-16(15)13-17/h1-3,6-7,9,13-14H,4-5,8,10-12H2,(H,21,22)(H,23,24)(H,25,26). The van der Waals surface area contributed by atoms with Crippen molar-refractivity contribution < 1.29 is 14.7 Å². The zero-order chi connectivity index (χ0) is 18.4. The summed E-state index contributed by atoms with van der Waals surface area (Å²) in [6.07, 6.45) is 4.82. The number of hydrogen-bond donors (Lipinski definition) is 3. The summed E-state index contributed by atoms with van der Waals surface area (Å²) >= 11 is 0. The van der Waals surface area contributed by atoms with E-state index in [0.717, 1.165) is 30.8 Å². The van der Waals surface area contributed by atoms with Gasteiger partial charge in [0.05, 0.1) is 0 Å². The average molecular weight is 353 g/mol. The molecular weight excluding hydrogens is 330 g/mol. The quantitative estimate of drug-likeness (QED) is 0.711.